The van der Waals surface area contributed by atoms with Gasteiger partial charge in [-0.15, -0.1) is 23.2 Å². The van der Waals surface area contributed by atoms with Gasteiger partial charge in [0.15, 0.2) is 0 Å². The molecule has 12 heteroatoms. The van der Waals surface area contributed by atoms with Crippen LogP contribution in [0.3, 0.4) is 0 Å². The van der Waals surface area contributed by atoms with Crippen LogP contribution in [0.5, 0.6) is 0 Å². The van der Waals surface area contributed by atoms with E-state index >= 15 is 0 Å². The molecule has 0 heterocycles. The molecule has 0 aliphatic heterocycles. The number of halogens is 7. The lowest BCUT2D eigenvalue weighted by Gasteiger charge is -2.11. The van der Waals surface area contributed by atoms with Crippen LogP contribution in [-0.2, 0) is 11.3 Å². The Balaban J connectivity index is 1.42. The van der Waals surface area contributed by atoms with Gasteiger partial charge in [0.1, 0.15) is 16.0 Å². The van der Waals surface area contributed by atoms with Gasteiger partial charge in [-0.05, 0) is 60.2 Å². The zero-order valence-corrected chi connectivity index (χ0v) is 21.8. The first-order valence-electron chi connectivity index (χ1n) is 10.4. The number of nitrogens with one attached hydrogen (secondary N) is 3. The maximum atomic E-state index is 13.7. The van der Waals surface area contributed by atoms with Gasteiger partial charge in [0.25, 0.3) is 5.91 Å². The normalized spacial score (nSPS) is 18.0. The van der Waals surface area contributed by atoms with E-state index in [1.54, 1.807) is 18.2 Å². The largest absolute Gasteiger partial charge is 0.326 e. The van der Waals surface area contributed by atoms with Gasteiger partial charge in [0.05, 0.1) is 16.5 Å². The lowest BCUT2D eigenvalue weighted by molar-refractivity contribution is -0.117. The minimum atomic E-state index is -1.37. The molecule has 188 valence electrons. The molecule has 0 unspecified atom stereocenters. The SMILES string of the molecule is O=C(NNCc1cc(F)ccc1F)c1cc(NC(=O)[C@H]2[C@H](c3cc(Cl)cc(Cl)c3)C2(Cl)Cl)ccc1Cl. The van der Waals surface area contributed by atoms with Crippen molar-refractivity contribution in [3.05, 3.63) is 98.0 Å². The third-order valence-electron chi connectivity index (χ3n) is 5.55. The van der Waals surface area contributed by atoms with Gasteiger partial charge in [0, 0.05) is 33.8 Å². The summed E-state index contributed by atoms with van der Waals surface area (Å²) in [5.74, 6) is -3.72. The van der Waals surface area contributed by atoms with Crippen LogP contribution in [0, 0.1) is 17.6 Å². The van der Waals surface area contributed by atoms with Crippen LogP contribution in [0.4, 0.5) is 14.5 Å². The first-order valence-corrected chi connectivity index (χ1v) is 12.3. The fraction of sp³-hybridized carbons (Fsp3) is 0.167. The number of anilines is 1. The fourth-order valence-corrected chi connectivity index (χ4v) is 5.36. The Bertz CT molecular complexity index is 1340. The van der Waals surface area contributed by atoms with Gasteiger partial charge in [-0.1, -0.05) is 34.8 Å². The summed E-state index contributed by atoms with van der Waals surface area (Å²) in [5, 5.41) is 3.55. The Labute approximate surface area is 230 Å². The predicted molar refractivity (Wildman–Crippen MR) is 138 cm³/mol. The average molecular weight is 594 g/mol. The molecular weight excluding hydrogens is 578 g/mol. The zero-order valence-electron chi connectivity index (χ0n) is 18.0. The van der Waals surface area contributed by atoms with Crippen molar-refractivity contribution >= 4 is 75.5 Å². The van der Waals surface area contributed by atoms with Crippen LogP contribution in [-0.4, -0.2) is 16.1 Å². The van der Waals surface area contributed by atoms with Crippen molar-refractivity contribution in [2.75, 3.05) is 5.32 Å². The molecular formula is C24H16Cl5F2N3O2. The summed E-state index contributed by atoms with van der Waals surface area (Å²) in [5.41, 5.74) is 5.82. The number of hydrazine groups is 1. The van der Waals surface area contributed by atoms with E-state index in [2.05, 4.69) is 16.2 Å². The van der Waals surface area contributed by atoms with Gasteiger partial charge < -0.3 is 5.32 Å². The van der Waals surface area contributed by atoms with Crippen LogP contribution < -0.4 is 16.2 Å². The lowest BCUT2D eigenvalue weighted by atomic mass is 10.1. The van der Waals surface area contributed by atoms with Gasteiger partial charge >= 0.3 is 0 Å². The molecule has 0 saturated heterocycles. The molecule has 3 aromatic rings. The maximum absolute atomic E-state index is 13.7. The molecule has 1 aliphatic carbocycles. The van der Waals surface area contributed by atoms with Gasteiger partial charge in [-0.3, -0.25) is 15.0 Å². The maximum Gasteiger partial charge on any atom is 0.266 e. The van der Waals surface area contributed by atoms with E-state index in [0.717, 1.165) is 18.2 Å². The molecule has 1 fully saturated rings. The molecule has 36 heavy (non-hydrogen) atoms. The van der Waals surface area contributed by atoms with Crippen LogP contribution in [0.1, 0.15) is 27.4 Å². The van der Waals surface area contributed by atoms with Crippen molar-refractivity contribution in [3.63, 3.8) is 0 Å². The van der Waals surface area contributed by atoms with E-state index in [4.69, 9.17) is 58.0 Å². The highest BCUT2D eigenvalue weighted by atomic mass is 35.5. The molecule has 5 nitrogen and oxygen atoms in total. The number of alkyl halides is 2. The molecule has 0 bridgehead atoms. The molecule has 3 aromatic carbocycles. The molecule has 4 rings (SSSR count). The van der Waals surface area contributed by atoms with E-state index in [0.29, 0.717) is 15.6 Å². The summed E-state index contributed by atoms with van der Waals surface area (Å²) in [6.45, 7) is -0.173. The summed E-state index contributed by atoms with van der Waals surface area (Å²) in [4.78, 5) is 25.5. The van der Waals surface area contributed by atoms with Crippen LogP contribution in [0.2, 0.25) is 15.1 Å². The Morgan fingerprint density at radius 1 is 0.917 bits per heavy atom. The number of benzene rings is 3. The lowest BCUT2D eigenvalue weighted by Crippen LogP contribution is -2.37. The number of hydrogen-bond acceptors (Lipinski definition) is 3. The monoisotopic (exact) mass is 591 g/mol. The minimum absolute atomic E-state index is 0.0213. The summed E-state index contributed by atoms with van der Waals surface area (Å²) < 4.78 is 25.7. The van der Waals surface area contributed by atoms with Crippen LogP contribution in [0.25, 0.3) is 0 Å². The Kier molecular flexibility index (Phi) is 8.00. The van der Waals surface area contributed by atoms with Crippen LogP contribution >= 0.6 is 58.0 Å². The minimum Gasteiger partial charge on any atom is -0.326 e. The quantitative estimate of drug-likeness (QED) is 0.207. The predicted octanol–water partition coefficient (Wildman–Crippen LogP) is 6.89. The third kappa shape index (κ3) is 5.88. The second-order valence-corrected chi connectivity index (χ2v) is 10.8. The standard InChI is InChI=1S/C24H16Cl5F2N3O2/c25-13-5-11(6-14(26)8-13)20-21(24(20,28)29)23(36)33-16-2-3-18(27)17(9-16)22(35)34-32-10-12-7-15(30)1-4-19(12)31/h1-9,20-21,32H,10H2,(H,33,36)(H,34,35)/t20-,21+/m0/s1. The fourth-order valence-electron chi connectivity index (χ4n) is 3.79. The number of carbonyl (C=O) groups is 2. The van der Waals surface area contributed by atoms with E-state index in [-0.39, 0.29) is 28.4 Å². The molecule has 1 aliphatic rings. The summed E-state index contributed by atoms with van der Waals surface area (Å²) >= 11 is 31.0. The molecule has 0 spiro atoms. The van der Waals surface area contributed by atoms with Crippen molar-refractivity contribution in [1.82, 2.24) is 10.9 Å². The first-order chi connectivity index (χ1) is 17.0. The summed E-state index contributed by atoms with van der Waals surface area (Å²) in [6, 6.07) is 12.1. The highest BCUT2D eigenvalue weighted by molar-refractivity contribution is 6.53. The molecule has 1 saturated carbocycles. The number of rotatable bonds is 7. The van der Waals surface area contributed by atoms with Gasteiger partial charge in [-0.25, -0.2) is 14.2 Å². The molecule has 3 N–H and O–H groups in total. The molecule has 0 aromatic heterocycles. The van der Waals surface area contributed by atoms with Crippen LogP contribution in [0.15, 0.2) is 54.6 Å². The zero-order chi connectivity index (χ0) is 26.2. The number of amides is 2. The highest BCUT2D eigenvalue weighted by Gasteiger charge is 2.67. The Morgan fingerprint density at radius 3 is 2.31 bits per heavy atom. The van der Waals surface area contributed by atoms with E-state index in [9.17, 15) is 18.4 Å². The van der Waals surface area contributed by atoms with Crippen molar-refractivity contribution in [1.29, 1.82) is 0 Å². The Morgan fingerprint density at radius 2 is 1.61 bits per heavy atom. The topological polar surface area (TPSA) is 70.2 Å². The van der Waals surface area contributed by atoms with E-state index in [1.165, 1.54) is 18.2 Å². The highest BCUT2D eigenvalue weighted by Crippen LogP contribution is 2.65. The first kappa shape index (κ1) is 26.9. The van der Waals surface area contributed by atoms with Gasteiger partial charge in [-0.2, -0.15) is 0 Å². The number of hydrogen-bond donors (Lipinski definition) is 3. The van der Waals surface area contributed by atoms with Gasteiger partial charge in [0.2, 0.25) is 5.91 Å². The average Bonchev–Trinajstić information content (AvgIpc) is 3.38. The van der Waals surface area contributed by atoms with E-state index < -0.39 is 39.6 Å². The smallest absolute Gasteiger partial charge is 0.266 e. The van der Waals surface area contributed by atoms with Crippen molar-refractivity contribution in [2.45, 2.75) is 16.8 Å². The second kappa shape index (κ2) is 10.7. The van der Waals surface area contributed by atoms with E-state index in [1.807, 2.05) is 0 Å². The molecule has 0 radical (unpaired) electrons. The third-order valence-corrected chi connectivity index (χ3v) is 7.25. The summed E-state index contributed by atoms with van der Waals surface area (Å²) in [6.07, 6.45) is 0. The second-order valence-electron chi connectivity index (χ2n) is 8.06. The van der Waals surface area contributed by atoms with Crippen molar-refractivity contribution in [3.8, 4) is 0 Å². The van der Waals surface area contributed by atoms with Crippen molar-refractivity contribution in [2.24, 2.45) is 5.92 Å². The van der Waals surface area contributed by atoms with Crippen molar-refractivity contribution < 1.29 is 18.4 Å². The molecule has 2 atom stereocenters. The summed E-state index contributed by atoms with van der Waals surface area (Å²) in [7, 11) is 0. The Hall–Kier alpha value is -2.13. The number of carbonyl (C=O) groups excluding carboxylic acids is 2. The molecule has 2 amide bonds.